The Morgan fingerprint density at radius 3 is 2.45 bits per heavy atom. The minimum absolute atomic E-state index is 0.0464. The molecule has 4 rings (SSSR count). The van der Waals surface area contributed by atoms with Crippen LogP contribution >= 0.6 is 0 Å². The van der Waals surface area contributed by atoms with E-state index in [-0.39, 0.29) is 24.3 Å². The van der Waals surface area contributed by atoms with Crippen LogP contribution in [0.2, 0.25) is 0 Å². The standard InChI is InChI=1S/C31H38N4O3/c1-2-10-25(31(38)33-26-13-7-4-8-14-26)22-29(36)28(21-23-11-5-3-6-12-23)34-30(37)24-15-17-27(18-16-24)35-20-9-19-32-35/h2-3,5-6,9,11-12,15-20,25-26,28-29,36H,1,4,7-8,10,13-14,21-22H2,(H,33,38)(H,34,37)/t25-,28+,29+/m1/s1. The summed E-state index contributed by atoms with van der Waals surface area (Å²) in [5.41, 5.74) is 2.34. The monoisotopic (exact) mass is 514 g/mol. The van der Waals surface area contributed by atoms with Gasteiger partial charge in [-0.1, -0.05) is 55.7 Å². The Balaban J connectivity index is 1.46. The fraction of sp³-hybridized carbons (Fsp3) is 0.387. The number of hydrogen-bond donors (Lipinski definition) is 3. The number of hydrogen-bond acceptors (Lipinski definition) is 4. The Kier molecular flexibility index (Phi) is 9.87. The van der Waals surface area contributed by atoms with E-state index < -0.39 is 18.1 Å². The molecule has 0 bridgehead atoms. The summed E-state index contributed by atoms with van der Waals surface area (Å²) in [6.07, 6.45) is 11.0. The molecule has 3 atom stereocenters. The van der Waals surface area contributed by atoms with Crippen molar-refractivity contribution in [3.05, 3.63) is 96.8 Å². The van der Waals surface area contributed by atoms with Gasteiger partial charge in [0.25, 0.3) is 5.91 Å². The minimum Gasteiger partial charge on any atom is -0.391 e. The van der Waals surface area contributed by atoms with Crippen LogP contribution in [0, 0.1) is 5.92 Å². The molecular weight excluding hydrogens is 476 g/mol. The van der Waals surface area contributed by atoms with Crippen molar-refractivity contribution in [3.8, 4) is 5.69 Å². The maximum atomic E-state index is 13.2. The molecular formula is C31H38N4O3. The number of carbonyl (C=O) groups excluding carboxylic acids is 2. The van der Waals surface area contributed by atoms with Gasteiger partial charge in [0.05, 0.1) is 17.8 Å². The number of benzene rings is 2. The number of nitrogens with one attached hydrogen (secondary N) is 2. The Hall–Kier alpha value is -3.71. The van der Waals surface area contributed by atoms with E-state index >= 15 is 0 Å². The van der Waals surface area contributed by atoms with Gasteiger partial charge in [-0.3, -0.25) is 9.59 Å². The molecule has 0 unspecified atom stereocenters. The first kappa shape index (κ1) is 27.3. The predicted octanol–water partition coefficient (Wildman–Crippen LogP) is 4.61. The smallest absolute Gasteiger partial charge is 0.251 e. The Labute approximate surface area is 225 Å². The van der Waals surface area contributed by atoms with E-state index in [0.29, 0.717) is 18.4 Å². The van der Waals surface area contributed by atoms with E-state index in [4.69, 9.17) is 0 Å². The summed E-state index contributed by atoms with van der Waals surface area (Å²) in [6, 6.07) is 18.4. The van der Waals surface area contributed by atoms with Crippen LogP contribution in [0.1, 0.15) is 60.9 Å². The lowest BCUT2D eigenvalue weighted by atomic mass is 9.89. The van der Waals surface area contributed by atoms with Crippen LogP contribution < -0.4 is 10.6 Å². The maximum absolute atomic E-state index is 13.2. The van der Waals surface area contributed by atoms with Gasteiger partial charge in [-0.15, -0.1) is 6.58 Å². The van der Waals surface area contributed by atoms with Gasteiger partial charge in [0.2, 0.25) is 5.91 Å². The molecule has 7 heteroatoms. The number of rotatable bonds is 12. The molecule has 1 aliphatic carbocycles. The summed E-state index contributed by atoms with van der Waals surface area (Å²) in [7, 11) is 0. The lowest BCUT2D eigenvalue weighted by Gasteiger charge is -2.29. The highest BCUT2D eigenvalue weighted by Crippen LogP contribution is 2.21. The van der Waals surface area contributed by atoms with E-state index in [0.717, 1.165) is 36.9 Å². The first-order valence-electron chi connectivity index (χ1n) is 13.6. The normalized spacial score (nSPS) is 16.2. The molecule has 1 heterocycles. The predicted molar refractivity (Wildman–Crippen MR) is 149 cm³/mol. The van der Waals surface area contributed by atoms with Crippen molar-refractivity contribution in [3.63, 3.8) is 0 Å². The quantitative estimate of drug-likeness (QED) is 0.308. The Morgan fingerprint density at radius 1 is 1.05 bits per heavy atom. The number of aliphatic hydroxyl groups excluding tert-OH is 1. The van der Waals surface area contributed by atoms with Crippen LogP contribution in [0.15, 0.2) is 85.7 Å². The van der Waals surface area contributed by atoms with Crippen LogP contribution in [0.3, 0.4) is 0 Å². The molecule has 1 aliphatic rings. The highest BCUT2D eigenvalue weighted by Gasteiger charge is 2.29. The second kappa shape index (κ2) is 13.7. The molecule has 0 aliphatic heterocycles. The summed E-state index contributed by atoms with van der Waals surface area (Å²) in [6.45, 7) is 3.83. The molecule has 0 radical (unpaired) electrons. The fourth-order valence-electron chi connectivity index (χ4n) is 5.12. The molecule has 3 aromatic rings. The van der Waals surface area contributed by atoms with Gasteiger partial charge in [-0.05, 0) is 68.0 Å². The van der Waals surface area contributed by atoms with Gasteiger partial charge >= 0.3 is 0 Å². The summed E-state index contributed by atoms with van der Waals surface area (Å²) in [4.78, 5) is 26.3. The SMILES string of the molecule is C=CC[C@H](C[C@H](O)[C@H](Cc1ccccc1)NC(=O)c1ccc(-n2cccn2)cc1)C(=O)NC1CCCCC1. The second-order valence-electron chi connectivity index (χ2n) is 10.1. The number of aliphatic hydroxyl groups is 1. The van der Waals surface area contributed by atoms with E-state index in [1.165, 1.54) is 6.42 Å². The van der Waals surface area contributed by atoms with Crippen molar-refractivity contribution in [2.45, 2.75) is 69.6 Å². The fourth-order valence-corrected chi connectivity index (χ4v) is 5.12. The molecule has 38 heavy (non-hydrogen) atoms. The molecule has 1 saturated carbocycles. The van der Waals surface area contributed by atoms with E-state index in [1.54, 1.807) is 29.1 Å². The van der Waals surface area contributed by atoms with Crippen LogP contribution in [0.4, 0.5) is 0 Å². The first-order valence-corrected chi connectivity index (χ1v) is 13.6. The molecule has 0 spiro atoms. The Morgan fingerprint density at radius 2 is 1.79 bits per heavy atom. The van der Waals surface area contributed by atoms with Crippen molar-refractivity contribution in [1.29, 1.82) is 0 Å². The Bertz CT molecular complexity index is 1160. The molecule has 2 amide bonds. The zero-order chi connectivity index (χ0) is 26.7. The van der Waals surface area contributed by atoms with Crippen LogP contribution in [-0.4, -0.2) is 44.9 Å². The number of allylic oxidation sites excluding steroid dienone is 1. The topological polar surface area (TPSA) is 96.2 Å². The minimum atomic E-state index is -0.912. The highest BCUT2D eigenvalue weighted by atomic mass is 16.3. The van der Waals surface area contributed by atoms with Crippen molar-refractivity contribution in [2.75, 3.05) is 0 Å². The first-order chi connectivity index (χ1) is 18.5. The molecule has 200 valence electrons. The number of amides is 2. The summed E-state index contributed by atoms with van der Waals surface area (Å²) < 4.78 is 1.72. The lowest BCUT2D eigenvalue weighted by molar-refractivity contribution is -0.127. The van der Waals surface area contributed by atoms with Gasteiger partial charge in [-0.25, -0.2) is 4.68 Å². The maximum Gasteiger partial charge on any atom is 0.251 e. The van der Waals surface area contributed by atoms with Gasteiger partial charge in [0.15, 0.2) is 0 Å². The van der Waals surface area contributed by atoms with Gasteiger partial charge in [0, 0.05) is 29.9 Å². The van der Waals surface area contributed by atoms with Crippen LogP contribution in [-0.2, 0) is 11.2 Å². The van der Waals surface area contributed by atoms with Crippen molar-refractivity contribution < 1.29 is 14.7 Å². The third-order valence-corrected chi connectivity index (χ3v) is 7.28. The third-order valence-electron chi connectivity index (χ3n) is 7.28. The average molecular weight is 515 g/mol. The summed E-state index contributed by atoms with van der Waals surface area (Å²) in [5, 5.41) is 21.8. The molecule has 3 N–H and O–H groups in total. The summed E-state index contributed by atoms with van der Waals surface area (Å²) >= 11 is 0. The molecule has 2 aromatic carbocycles. The van der Waals surface area contributed by atoms with Crippen LogP contribution in [0.25, 0.3) is 5.69 Å². The average Bonchev–Trinajstić information content (AvgIpc) is 3.49. The van der Waals surface area contributed by atoms with Gasteiger partial charge in [-0.2, -0.15) is 5.10 Å². The van der Waals surface area contributed by atoms with Gasteiger partial charge < -0.3 is 15.7 Å². The number of aromatic nitrogens is 2. The third kappa shape index (κ3) is 7.65. The highest BCUT2D eigenvalue weighted by molar-refractivity contribution is 5.94. The lowest BCUT2D eigenvalue weighted by Crippen LogP contribution is -2.47. The van der Waals surface area contributed by atoms with Gasteiger partial charge in [0.1, 0.15) is 0 Å². The van der Waals surface area contributed by atoms with Crippen LogP contribution in [0.5, 0.6) is 0 Å². The molecule has 1 aromatic heterocycles. The summed E-state index contributed by atoms with van der Waals surface area (Å²) in [5.74, 6) is -0.730. The van der Waals surface area contributed by atoms with Crippen molar-refractivity contribution in [2.24, 2.45) is 5.92 Å². The zero-order valence-electron chi connectivity index (χ0n) is 21.8. The molecule has 7 nitrogen and oxygen atoms in total. The van der Waals surface area contributed by atoms with E-state index in [9.17, 15) is 14.7 Å². The molecule has 0 saturated heterocycles. The second-order valence-corrected chi connectivity index (χ2v) is 10.1. The molecule has 1 fully saturated rings. The zero-order valence-corrected chi connectivity index (χ0v) is 21.8. The largest absolute Gasteiger partial charge is 0.391 e. The van der Waals surface area contributed by atoms with Crippen molar-refractivity contribution in [1.82, 2.24) is 20.4 Å². The number of carbonyl (C=O) groups is 2. The van der Waals surface area contributed by atoms with E-state index in [2.05, 4.69) is 22.3 Å². The van der Waals surface area contributed by atoms with Crippen molar-refractivity contribution >= 4 is 11.8 Å². The number of nitrogens with zero attached hydrogens (tertiary/aromatic N) is 2. The van der Waals surface area contributed by atoms with E-state index in [1.807, 2.05) is 54.7 Å².